The molecule has 27 heteroatoms. The molecule has 0 spiro atoms. The van der Waals surface area contributed by atoms with Gasteiger partial charge < -0.3 is 41.2 Å². The first-order valence-corrected chi connectivity index (χ1v) is 31.3. The maximum Gasteiger partial charge on any atom is 0.305 e. The molecule has 1 aliphatic heterocycles. The summed E-state index contributed by atoms with van der Waals surface area (Å²) in [7, 11) is 4.39. The Hall–Kier alpha value is -7.37. The number of ether oxygens (including phenoxy) is 2. The monoisotopic (exact) mass is 1230 g/mol. The van der Waals surface area contributed by atoms with E-state index in [0.717, 1.165) is 4.88 Å². The minimum absolute atomic E-state index is 0.0476. The first kappa shape index (κ1) is 60.2. The number of hydrogen-bond donors (Lipinski definition) is 6. The van der Waals surface area contributed by atoms with Crippen molar-refractivity contribution in [3.8, 4) is 43.4 Å². The molecule has 1 aliphatic rings. The predicted octanol–water partition coefficient (Wildman–Crippen LogP) is 9.70. The highest BCUT2D eigenvalue weighted by molar-refractivity contribution is 7.15. The van der Waals surface area contributed by atoms with Crippen LogP contribution in [0.5, 0.6) is 0 Å². The minimum Gasteiger partial charge on any atom is -0.469 e. The zero-order valence-corrected chi connectivity index (χ0v) is 50.8. The molecule has 0 radical (unpaired) electrons. The number of nitrogens with zero attached hydrogens (tertiary/aromatic N) is 7. The van der Waals surface area contributed by atoms with Gasteiger partial charge in [-0.25, -0.2) is 34.9 Å². The molecule has 0 saturated heterocycles. The Morgan fingerprint density at radius 1 is 0.747 bits per heavy atom. The van der Waals surface area contributed by atoms with Gasteiger partial charge in [0.25, 0.3) is 5.91 Å². The van der Waals surface area contributed by atoms with E-state index < -0.39 is 30.0 Å². The lowest BCUT2D eigenvalue weighted by Gasteiger charge is -2.23. The van der Waals surface area contributed by atoms with Crippen LogP contribution in [0.1, 0.15) is 133 Å². The van der Waals surface area contributed by atoms with Gasteiger partial charge in [0, 0.05) is 71.3 Å². The van der Waals surface area contributed by atoms with E-state index >= 15 is 0 Å². The van der Waals surface area contributed by atoms with E-state index in [-0.39, 0.29) is 85.6 Å². The minimum atomic E-state index is -1.21. The van der Waals surface area contributed by atoms with Crippen LogP contribution in [0.3, 0.4) is 0 Å². The average molecular weight is 1240 g/mol. The van der Waals surface area contributed by atoms with Crippen LogP contribution < -0.4 is 26.6 Å². The molecule has 0 fully saturated rings. The quantitative estimate of drug-likeness (QED) is 0.0436. The van der Waals surface area contributed by atoms with Gasteiger partial charge in [0.1, 0.15) is 77.2 Å². The first-order valence-electron chi connectivity index (χ1n) is 26.2. The summed E-state index contributed by atoms with van der Waals surface area (Å²) in [6.07, 6.45) is 0.0558. The molecule has 8 heterocycles. The van der Waals surface area contributed by atoms with E-state index in [2.05, 4.69) is 38.1 Å². The fraction of sp³-hybridized carbons (Fsp3) is 0.339. The van der Waals surface area contributed by atoms with Crippen molar-refractivity contribution in [2.75, 3.05) is 33.1 Å². The third kappa shape index (κ3) is 14.5. The Morgan fingerprint density at radius 2 is 1.46 bits per heavy atom. The van der Waals surface area contributed by atoms with Gasteiger partial charge >= 0.3 is 5.97 Å². The molecule has 0 aliphatic carbocycles. The number of benzene rings is 1. The van der Waals surface area contributed by atoms with Gasteiger partial charge in [-0.2, -0.15) is 0 Å². The number of thiazole rings is 6. The Morgan fingerprint density at radius 3 is 2.22 bits per heavy atom. The van der Waals surface area contributed by atoms with E-state index in [1.807, 2.05) is 31.4 Å². The summed E-state index contributed by atoms with van der Waals surface area (Å²) < 4.78 is 10.3. The number of pyridine rings is 1. The van der Waals surface area contributed by atoms with Crippen molar-refractivity contribution in [2.24, 2.45) is 5.92 Å². The van der Waals surface area contributed by atoms with Gasteiger partial charge in [0.15, 0.2) is 5.78 Å². The van der Waals surface area contributed by atoms with Crippen LogP contribution in [-0.4, -0.2) is 103 Å². The number of amides is 4. The standard InChI is InChI=1S/C56H58N12O9S6/c1-27(2)32-19-38(69)46-29(4)82-55(68-46)34(20-42(71)57-5)60-50(75)36-24-78-51(62-36)31-17-18-33(53-65-40(26-81-53)64-41(70)15-11-12-16-44(73)77-7)59-47(31)35-23-79-54(61-35)37-25-80-56(63-37)48(49(74)30-13-9-8-10-14-30)66-43(72)21-58-28(3)45-39(22-76-6)83-52(32)67-45/h8-10,13-14,17-18,23-27,32,34,48-49,58,74H,3,11-12,15-16,19-22H2,1-2,4-7H3,(H,57,71)(H,60,75)(H,64,70)(H,66,72)/t32-,34+,48+,49+/m1/s1. The lowest BCUT2D eigenvalue weighted by molar-refractivity contribution is -0.140. The largest absolute Gasteiger partial charge is 0.469 e. The van der Waals surface area contributed by atoms with Crippen molar-refractivity contribution in [1.82, 2.24) is 56.2 Å². The topological polar surface area (TPSA) is 291 Å². The number of aliphatic hydroxyl groups excluding tert-OH is 1. The summed E-state index contributed by atoms with van der Waals surface area (Å²) in [4.78, 5) is 116. The maximum absolute atomic E-state index is 14.4. The van der Waals surface area contributed by atoms with Crippen molar-refractivity contribution in [3.63, 3.8) is 0 Å². The van der Waals surface area contributed by atoms with Crippen LogP contribution in [0.15, 0.2) is 70.6 Å². The number of carbonyl (C=O) groups excluding carboxylic acids is 6. The summed E-state index contributed by atoms with van der Waals surface area (Å²) in [5.41, 5.74) is 3.98. The molecule has 83 heavy (non-hydrogen) atoms. The SMILES string of the molecule is C=C1NCC(=O)N[C@@H]([C@@H](O)c2ccccc2)c2nc(cs2)-c2nc(cs2)-c2nc(-c3nc(NC(=O)CCCCC(=O)OC)cs3)ccc2-c2nc(cs2)C(=O)N[C@@H](CC(=O)NC)c2nc(c(C)s2)C(=O)C[C@H](C(C)C)c2nc1c(COC)s2. The Balaban J connectivity index is 1.10. The van der Waals surface area contributed by atoms with Crippen LogP contribution >= 0.6 is 68.0 Å². The van der Waals surface area contributed by atoms with Gasteiger partial charge in [-0.05, 0) is 43.4 Å². The molecule has 0 unspecified atom stereocenters. The van der Waals surface area contributed by atoms with Crippen molar-refractivity contribution >= 4 is 115 Å². The molecule has 6 N–H and O–H groups in total. The summed E-state index contributed by atoms with van der Waals surface area (Å²) in [5.74, 6) is -2.32. The van der Waals surface area contributed by atoms with Crippen LogP contribution in [0.4, 0.5) is 5.82 Å². The molecule has 8 aromatic rings. The molecule has 9 rings (SSSR count). The molecular formula is C56H58N12O9S6. The normalized spacial score (nSPS) is 16.4. The zero-order chi connectivity index (χ0) is 58.9. The van der Waals surface area contributed by atoms with E-state index in [0.29, 0.717) is 98.9 Å². The highest BCUT2D eigenvalue weighted by Crippen LogP contribution is 2.41. The van der Waals surface area contributed by atoms with E-state index in [4.69, 9.17) is 39.4 Å². The highest BCUT2D eigenvalue weighted by Gasteiger charge is 2.32. The smallest absolute Gasteiger partial charge is 0.305 e. The fourth-order valence-corrected chi connectivity index (χ4v) is 14.4. The molecule has 4 atom stereocenters. The number of nitrogens with one attached hydrogen (secondary N) is 5. The number of fused-ring (bicyclic) bond motifs is 14. The second-order valence-corrected chi connectivity index (χ2v) is 25.3. The van der Waals surface area contributed by atoms with Gasteiger partial charge in [-0.15, -0.1) is 68.0 Å². The van der Waals surface area contributed by atoms with Crippen LogP contribution in [-0.2, 0) is 35.3 Å². The number of anilines is 1. The summed E-state index contributed by atoms with van der Waals surface area (Å²) in [6, 6.07) is 10.6. The van der Waals surface area contributed by atoms with Crippen molar-refractivity contribution in [1.29, 1.82) is 0 Å². The van der Waals surface area contributed by atoms with E-state index in [1.165, 1.54) is 82.2 Å². The molecule has 1 aromatic carbocycles. The number of methoxy groups -OCH3 is 2. The summed E-state index contributed by atoms with van der Waals surface area (Å²) in [6.45, 7) is 9.99. The molecule has 21 nitrogen and oxygen atoms in total. The molecule has 7 aromatic heterocycles. The van der Waals surface area contributed by atoms with E-state index in [9.17, 15) is 33.9 Å². The molecule has 432 valence electrons. The summed E-state index contributed by atoms with van der Waals surface area (Å²) >= 11 is 7.62. The lowest BCUT2D eigenvalue weighted by Crippen LogP contribution is -2.38. The van der Waals surface area contributed by atoms with Gasteiger partial charge in [0.2, 0.25) is 17.7 Å². The van der Waals surface area contributed by atoms with Crippen LogP contribution in [0.25, 0.3) is 49.1 Å². The second kappa shape index (κ2) is 27.3. The third-order valence-corrected chi connectivity index (χ3v) is 19.0. The Bertz CT molecular complexity index is 3680. The molecule has 4 amide bonds. The number of unbranched alkanes of at least 4 members (excludes halogenated alkanes) is 1. The highest BCUT2D eigenvalue weighted by atomic mass is 32.1. The van der Waals surface area contributed by atoms with Crippen molar-refractivity contribution < 1.29 is 43.3 Å². The van der Waals surface area contributed by atoms with Gasteiger partial charge in [0.05, 0.1) is 54.0 Å². The average Bonchev–Trinajstić information content (AvgIpc) is 4.57. The number of aliphatic hydroxyl groups is 1. The van der Waals surface area contributed by atoms with Crippen molar-refractivity contribution in [3.05, 3.63) is 118 Å². The van der Waals surface area contributed by atoms with Crippen LogP contribution in [0, 0.1) is 12.8 Å². The number of aryl methyl sites for hydroxylation is 1. The number of Topliss-reactive ketones (excluding diaryl/α,β-unsaturated/α-hetero) is 1. The lowest BCUT2D eigenvalue weighted by atomic mass is 9.90. The van der Waals surface area contributed by atoms with Crippen molar-refractivity contribution in [2.45, 2.75) is 90.0 Å². The number of rotatable bonds is 14. The molecule has 10 bridgehead atoms. The number of aromatic nitrogens is 7. The first-order chi connectivity index (χ1) is 40.0. The Labute approximate surface area is 501 Å². The van der Waals surface area contributed by atoms with Crippen LogP contribution in [0.2, 0.25) is 0 Å². The Kier molecular flexibility index (Phi) is 19.8. The maximum atomic E-state index is 14.4. The molecule has 0 saturated carbocycles. The number of esters is 1. The van der Waals surface area contributed by atoms with Gasteiger partial charge in [-0.1, -0.05) is 50.8 Å². The third-order valence-electron chi connectivity index (χ3n) is 13.3. The zero-order valence-electron chi connectivity index (χ0n) is 45.9. The number of carbonyl (C=O) groups is 6. The predicted molar refractivity (Wildman–Crippen MR) is 322 cm³/mol. The molecular weight excluding hydrogens is 1180 g/mol. The fourth-order valence-electron chi connectivity index (χ4n) is 8.84. The number of hydrogen-bond acceptors (Lipinski definition) is 23. The van der Waals surface area contributed by atoms with Gasteiger partial charge in [-0.3, -0.25) is 28.8 Å². The second-order valence-electron chi connectivity index (χ2n) is 19.4. The number of ketones is 1. The summed E-state index contributed by atoms with van der Waals surface area (Å²) in [5, 5.41) is 36.3. The van der Waals surface area contributed by atoms with E-state index in [1.54, 1.807) is 60.5 Å².